The average Bonchev–Trinajstić information content (AvgIpc) is 3.40. The summed E-state index contributed by atoms with van der Waals surface area (Å²) in [7, 11) is 0. The Hall–Kier alpha value is -5.09. The van der Waals surface area contributed by atoms with Crippen LogP contribution in [0.15, 0.2) is 116 Å². The molecule has 0 bridgehead atoms. The van der Waals surface area contributed by atoms with Crippen molar-refractivity contribution in [2.75, 3.05) is 0 Å². The van der Waals surface area contributed by atoms with Gasteiger partial charge in [-0.25, -0.2) is 4.98 Å². The Labute approximate surface area is 235 Å². The Bertz CT molecular complexity index is 1950. The first-order chi connectivity index (χ1) is 19.5. The fourth-order valence-corrected chi connectivity index (χ4v) is 4.78. The predicted molar refractivity (Wildman–Crippen MR) is 156 cm³/mol. The SMILES string of the molecule is O=c1c2ccccc2nc(-c2cc3ccccc3o2)n1N=Cc1cc(Br)cc([N+](=O)[O-])c1OCc1ccccc1. The number of nitro benzene ring substituents is 1. The van der Waals surface area contributed by atoms with Crippen LogP contribution in [0.25, 0.3) is 33.5 Å². The predicted octanol–water partition coefficient (Wildman–Crippen LogP) is 6.94. The van der Waals surface area contributed by atoms with Crippen molar-refractivity contribution in [3.8, 4) is 17.3 Å². The van der Waals surface area contributed by atoms with Crippen molar-refractivity contribution in [2.45, 2.75) is 6.61 Å². The summed E-state index contributed by atoms with van der Waals surface area (Å²) in [6.07, 6.45) is 1.35. The summed E-state index contributed by atoms with van der Waals surface area (Å²) in [5.41, 5.74) is 1.59. The molecule has 0 aliphatic carbocycles. The maximum atomic E-state index is 13.6. The molecule has 0 N–H and O–H groups in total. The van der Waals surface area contributed by atoms with E-state index in [1.54, 1.807) is 36.4 Å². The van der Waals surface area contributed by atoms with Crippen LogP contribution in [-0.2, 0) is 6.61 Å². The van der Waals surface area contributed by atoms with E-state index < -0.39 is 10.5 Å². The van der Waals surface area contributed by atoms with Crippen LogP contribution in [0.4, 0.5) is 5.69 Å². The number of benzene rings is 4. The van der Waals surface area contributed by atoms with Crippen LogP contribution in [0.2, 0.25) is 0 Å². The van der Waals surface area contributed by atoms with Crippen molar-refractivity contribution in [3.05, 3.63) is 133 Å². The maximum absolute atomic E-state index is 13.6. The van der Waals surface area contributed by atoms with E-state index in [4.69, 9.17) is 9.15 Å². The normalized spacial score (nSPS) is 11.4. The van der Waals surface area contributed by atoms with Gasteiger partial charge in [-0.1, -0.05) is 76.6 Å². The molecule has 0 amide bonds. The molecule has 6 rings (SSSR count). The number of rotatable bonds is 7. The minimum atomic E-state index is -0.522. The van der Waals surface area contributed by atoms with Crippen LogP contribution in [0.5, 0.6) is 5.75 Å². The van der Waals surface area contributed by atoms with Crippen LogP contribution < -0.4 is 10.3 Å². The second kappa shape index (κ2) is 10.6. The van der Waals surface area contributed by atoms with Gasteiger partial charge in [0.15, 0.2) is 5.76 Å². The summed E-state index contributed by atoms with van der Waals surface area (Å²) in [5, 5.41) is 17.6. The highest BCUT2D eigenvalue weighted by Crippen LogP contribution is 2.35. The highest BCUT2D eigenvalue weighted by Gasteiger charge is 2.22. The molecule has 0 spiro atoms. The van der Waals surface area contributed by atoms with Crippen molar-refractivity contribution in [2.24, 2.45) is 5.10 Å². The van der Waals surface area contributed by atoms with Crippen LogP contribution >= 0.6 is 15.9 Å². The minimum Gasteiger partial charge on any atom is -0.481 e. The van der Waals surface area contributed by atoms with Gasteiger partial charge in [-0.3, -0.25) is 14.9 Å². The molecule has 9 nitrogen and oxygen atoms in total. The number of para-hydroxylation sites is 2. The second-order valence-electron chi connectivity index (χ2n) is 8.84. The molecule has 2 aromatic heterocycles. The van der Waals surface area contributed by atoms with E-state index in [1.165, 1.54) is 12.3 Å². The molecule has 4 aromatic carbocycles. The number of halogens is 1. The number of aromatic nitrogens is 2. The lowest BCUT2D eigenvalue weighted by atomic mass is 10.2. The third kappa shape index (κ3) is 4.87. The molecule has 0 atom stereocenters. The largest absolute Gasteiger partial charge is 0.481 e. The van der Waals surface area contributed by atoms with Gasteiger partial charge >= 0.3 is 5.69 Å². The summed E-state index contributed by atoms with van der Waals surface area (Å²) in [5.74, 6) is 0.558. The number of hydrogen-bond acceptors (Lipinski definition) is 7. The van der Waals surface area contributed by atoms with E-state index in [0.29, 0.717) is 32.3 Å². The Kier molecular flexibility index (Phi) is 6.67. The van der Waals surface area contributed by atoms with Crippen molar-refractivity contribution < 1.29 is 14.1 Å². The number of nitro groups is 1. The van der Waals surface area contributed by atoms with Gasteiger partial charge < -0.3 is 9.15 Å². The molecule has 0 saturated carbocycles. The zero-order chi connectivity index (χ0) is 27.6. The number of ether oxygens (including phenoxy) is 1. The molecule has 0 aliphatic heterocycles. The van der Waals surface area contributed by atoms with Gasteiger partial charge in [0.2, 0.25) is 11.6 Å². The van der Waals surface area contributed by atoms with Crippen molar-refractivity contribution in [1.82, 2.24) is 9.66 Å². The van der Waals surface area contributed by atoms with Crippen molar-refractivity contribution in [1.29, 1.82) is 0 Å². The van der Waals surface area contributed by atoms with Gasteiger partial charge in [0, 0.05) is 21.5 Å². The molecule has 10 heteroatoms. The van der Waals surface area contributed by atoms with E-state index in [9.17, 15) is 14.9 Å². The highest BCUT2D eigenvalue weighted by molar-refractivity contribution is 9.10. The van der Waals surface area contributed by atoms with E-state index >= 15 is 0 Å². The molecule has 0 unspecified atom stereocenters. The number of fused-ring (bicyclic) bond motifs is 2. The van der Waals surface area contributed by atoms with Gasteiger partial charge in [0.25, 0.3) is 5.56 Å². The Morgan fingerprint density at radius 2 is 1.75 bits per heavy atom. The number of nitrogens with zero attached hydrogens (tertiary/aromatic N) is 4. The lowest BCUT2D eigenvalue weighted by molar-refractivity contribution is -0.386. The van der Waals surface area contributed by atoms with Crippen LogP contribution in [0, 0.1) is 10.1 Å². The third-order valence-corrected chi connectivity index (χ3v) is 6.66. The molecule has 2 heterocycles. The van der Waals surface area contributed by atoms with E-state index in [0.717, 1.165) is 15.6 Å². The number of hydrogen-bond donors (Lipinski definition) is 0. The second-order valence-corrected chi connectivity index (χ2v) is 9.75. The minimum absolute atomic E-state index is 0.0212. The molecule has 40 heavy (non-hydrogen) atoms. The lowest BCUT2D eigenvalue weighted by Gasteiger charge is -2.11. The molecular weight excluding hydrogens is 576 g/mol. The first-order valence-corrected chi connectivity index (χ1v) is 13.0. The smallest absolute Gasteiger partial charge is 0.312 e. The maximum Gasteiger partial charge on any atom is 0.312 e. The first-order valence-electron chi connectivity index (χ1n) is 12.2. The summed E-state index contributed by atoms with van der Waals surface area (Å²) in [4.78, 5) is 29.7. The van der Waals surface area contributed by atoms with Crippen LogP contribution in [-0.4, -0.2) is 20.8 Å². The van der Waals surface area contributed by atoms with Gasteiger partial charge in [-0.15, -0.1) is 0 Å². The standard InChI is InChI=1S/C30H19BrN4O5/c31-22-14-21(28(25(16-22)35(37)38)39-18-19-8-2-1-3-9-19)17-32-34-29(27-15-20-10-4-7-13-26(20)40-27)33-24-12-6-5-11-23(24)30(34)36/h1-17H,18H2. The summed E-state index contributed by atoms with van der Waals surface area (Å²) in [6, 6.07) is 28.5. The number of furan rings is 1. The fourth-order valence-electron chi connectivity index (χ4n) is 4.32. The Balaban J connectivity index is 1.50. The van der Waals surface area contributed by atoms with E-state index in [2.05, 4.69) is 26.0 Å². The van der Waals surface area contributed by atoms with Gasteiger partial charge in [0.05, 0.1) is 22.0 Å². The topological polar surface area (TPSA) is 113 Å². The highest BCUT2D eigenvalue weighted by atomic mass is 79.9. The zero-order valence-corrected chi connectivity index (χ0v) is 22.3. The van der Waals surface area contributed by atoms with E-state index in [-0.39, 0.29) is 23.9 Å². The van der Waals surface area contributed by atoms with Gasteiger partial charge in [-0.2, -0.15) is 9.78 Å². The molecule has 0 aliphatic rings. The third-order valence-electron chi connectivity index (χ3n) is 6.20. The first kappa shape index (κ1) is 25.2. The zero-order valence-electron chi connectivity index (χ0n) is 20.7. The summed E-state index contributed by atoms with van der Waals surface area (Å²) < 4.78 is 13.5. The average molecular weight is 595 g/mol. The monoisotopic (exact) mass is 594 g/mol. The van der Waals surface area contributed by atoms with E-state index in [1.807, 2.05) is 54.6 Å². The van der Waals surface area contributed by atoms with Gasteiger partial charge in [-0.05, 0) is 35.9 Å². The van der Waals surface area contributed by atoms with Crippen LogP contribution in [0.1, 0.15) is 11.1 Å². The Morgan fingerprint density at radius 1 is 1.00 bits per heavy atom. The van der Waals surface area contributed by atoms with Crippen molar-refractivity contribution >= 4 is 49.7 Å². The lowest BCUT2D eigenvalue weighted by Crippen LogP contribution is -2.20. The molecule has 0 radical (unpaired) electrons. The fraction of sp³-hybridized carbons (Fsp3) is 0.0333. The molecule has 196 valence electrons. The summed E-state index contributed by atoms with van der Waals surface area (Å²) >= 11 is 3.34. The van der Waals surface area contributed by atoms with Crippen LogP contribution in [0.3, 0.4) is 0 Å². The van der Waals surface area contributed by atoms with Crippen molar-refractivity contribution in [3.63, 3.8) is 0 Å². The van der Waals surface area contributed by atoms with Gasteiger partial charge in [0.1, 0.15) is 12.2 Å². The quantitative estimate of drug-likeness (QED) is 0.112. The molecular formula is C30H19BrN4O5. The molecule has 6 aromatic rings. The molecule has 0 fully saturated rings. The molecule has 0 saturated heterocycles. The summed E-state index contributed by atoms with van der Waals surface area (Å²) in [6.45, 7) is 0.103. The Morgan fingerprint density at radius 3 is 2.55 bits per heavy atom.